The van der Waals surface area contributed by atoms with Crippen molar-refractivity contribution < 1.29 is 13.2 Å². The molecule has 6 heteroatoms. The molecule has 1 fully saturated rings. The fourth-order valence-electron chi connectivity index (χ4n) is 2.92. The van der Waals surface area contributed by atoms with Crippen molar-refractivity contribution in [3.63, 3.8) is 0 Å². The van der Waals surface area contributed by atoms with Crippen LogP contribution in [0.4, 0.5) is 0 Å². The summed E-state index contributed by atoms with van der Waals surface area (Å²) in [5, 5.41) is 4.07. The number of hydrogen-bond acceptors (Lipinski definition) is 4. The van der Waals surface area contributed by atoms with Gasteiger partial charge < -0.3 is 10.1 Å². The number of hydrogen-bond donors (Lipinski definition) is 1. The zero-order chi connectivity index (χ0) is 14.2. The Morgan fingerprint density at radius 2 is 2.25 bits per heavy atom. The highest BCUT2D eigenvalue weighted by atomic mass is 35.5. The first-order chi connectivity index (χ1) is 9.53. The lowest BCUT2D eigenvalue weighted by Crippen LogP contribution is -2.23. The number of rotatable bonds is 4. The van der Waals surface area contributed by atoms with Gasteiger partial charge in [-0.25, -0.2) is 8.42 Å². The Kier molecular flexibility index (Phi) is 3.93. The summed E-state index contributed by atoms with van der Waals surface area (Å²) in [6.07, 6.45) is 1.67. The predicted molar refractivity (Wildman–Crippen MR) is 79.1 cm³/mol. The van der Waals surface area contributed by atoms with Gasteiger partial charge in [-0.05, 0) is 36.6 Å². The van der Waals surface area contributed by atoms with Crippen LogP contribution in [-0.2, 0) is 22.8 Å². The van der Waals surface area contributed by atoms with Crippen molar-refractivity contribution in [1.29, 1.82) is 0 Å². The molecule has 2 heterocycles. The summed E-state index contributed by atoms with van der Waals surface area (Å²) in [5.41, 5.74) is 2.23. The second kappa shape index (κ2) is 5.54. The fourth-order valence-corrected chi connectivity index (χ4v) is 5.05. The van der Waals surface area contributed by atoms with Crippen molar-refractivity contribution in [2.24, 2.45) is 5.92 Å². The van der Waals surface area contributed by atoms with Crippen molar-refractivity contribution >= 4 is 21.4 Å². The van der Waals surface area contributed by atoms with E-state index in [4.69, 9.17) is 16.3 Å². The molecule has 0 aromatic heterocycles. The van der Waals surface area contributed by atoms with Crippen LogP contribution in [0.5, 0.6) is 5.75 Å². The molecule has 1 unspecified atom stereocenters. The molecule has 0 saturated carbocycles. The van der Waals surface area contributed by atoms with Gasteiger partial charge >= 0.3 is 0 Å². The average Bonchev–Trinajstić information content (AvgIpc) is 2.95. The highest BCUT2D eigenvalue weighted by molar-refractivity contribution is 7.91. The maximum absolute atomic E-state index is 11.4. The third kappa shape index (κ3) is 3.10. The molecule has 2 aliphatic rings. The van der Waals surface area contributed by atoms with Gasteiger partial charge in [0.1, 0.15) is 5.75 Å². The molecule has 20 heavy (non-hydrogen) atoms. The van der Waals surface area contributed by atoms with E-state index in [0.717, 1.165) is 41.3 Å². The molecule has 4 nitrogen and oxygen atoms in total. The van der Waals surface area contributed by atoms with Gasteiger partial charge in [0.05, 0.1) is 18.1 Å². The summed E-state index contributed by atoms with van der Waals surface area (Å²) in [5.74, 6) is 1.81. The third-order valence-corrected chi connectivity index (χ3v) is 5.96. The van der Waals surface area contributed by atoms with Gasteiger partial charge in [0, 0.05) is 23.6 Å². The molecule has 2 aliphatic heterocycles. The number of ether oxygens (including phenoxy) is 1. The highest BCUT2D eigenvalue weighted by Gasteiger charge is 2.27. The topological polar surface area (TPSA) is 55.4 Å². The number of fused-ring (bicyclic) bond motifs is 1. The van der Waals surface area contributed by atoms with Crippen molar-refractivity contribution in [1.82, 2.24) is 5.32 Å². The van der Waals surface area contributed by atoms with Crippen LogP contribution in [0.3, 0.4) is 0 Å². The monoisotopic (exact) mass is 315 g/mol. The van der Waals surface area contributed by atoms with E-state index in [0.29, 0.717) is 24.7 Å². The largest absolute Gasteiger partial charge is 0.493 e. The second-order valence-electron chi connectivity index (χ2n) is 5.55. The van der Waals surface area contributed by atoms with Gasteiger partial charge in [-0.2, -0.15) is 0 Å². The SMILES string of the molecule is O=S1(=O)CCC(CNCc2cc(Cl)cc3c2OCC3)C1. The Morgan fingerprint density at radius 1 is 1.40 bits per heavy atom. The molecule has 1 atom stereocenters. The van der Waals surface area contributed by atoms with E-state index < -0.39 is 9.84 Å². The zero-order valence-electron chi connectivity index (χ0n) is 11.2. The number of sulfone groups is 1. The molecular weight excluding hydrogens is 298 g/mol. The van der Waals surface area contributed by atoms with Crippen LogP contribution in [-0.4, -0.2) is 33.1 Å². The first-order valence-corrected chi connectivity index (χ1v) is 9.09. The quantitative estimate of drug-likeness (QED) is 0.920. The van der Waals surface area contributed by atoms with E-state index in [1.54, 1.807) is 0 Å². The molecule has 0 bridgehead atoms. The molecular formula is C14H18ClNO3S. The number of halogens is 1. The summed E-state index contributed by atoms with van der Waals surface area (Å²) in [6, 6.07) is 3.88. The van der Waals surface area contributed by atoms with Gasteiger partial charge in [-0.3, -0.25) is 0 Å². The normalized spacial score (nSPS) is 23.6. The zero-order valence-corrected chi connectivity index (χ0v) is 12.8. The fraction of sp³-hybridized carbons (Fsp3) is 0.571. The van der Waals surface area contributed by atoms with E-state index in [1.807, 2.05) is 12.1 Å². The van der Waals surface area contributed by atoms with Gasteiger partial charge in [0.25, 0.3) is 0 Å². The van der Waals surface area contributed by atoms with Crippen LogP contribution in [0, 0.1) is 5.92 Å². The summed E-state index contributed by atoms with van der Waals surface area (Å²) >= 11 is 6.11. The van der Waals surface area contributed by atoms with Crippen molar-refractivity contribution in [2.45, 2.75) is 19.4 Å². The minimum Gasteiger partial charge on any atom is -0.493 e. The van der Waals surface area contributed by atoms with Gasteiger partial charge in [0.2, 0.25) is 0 Å². The maximum atomic E-state index is 11.4. The first-order valence-electron chi connectivity index (χ1n) is 6.89. The van der Waals surface area contributed by atoms with E-state index >= 15 is 0 Å². The van der Waals surface area contributed by atoms with Crippen LogP contribution < -0.4 is 10.1 Å². The molecule has 3 rings (SSSR count). The lowest BCUT2D eigenvalue weighted by atomic mass is 10.1. The minimum atomic E-state index is -2.79. The van der Waals surface area contributed by atoms with Crippen LogP contribution in [0.15, 0.2) is 12.1 Å². The summed E-state index contributed by atoms with van der Waals surface area (Å²) < 4.78 is 28.5. The summed E-state index contributed by atoms with van der Waals surface area (Å²) in [7, 11) is -2.79. The number of benzene rings is 1. The number of nitrogens with one attached hydrogen (secondary N) is 1. The molecule has 0 spiro atoms. The molecule has 1 N–H and O–H groups in total. The van der Waals surface area contributed by atoms with Gasteiger partial charge in [0.15, 0.2) is 9.84 Å². The minimum absolute atomic E-state index is 0.230. The van der Waals surface area contributed by atoms with Crippen molar-refractivity contribution in [3.8, 4) is 5.75 Å². The molecule has 110 valence electrons. The standard InChI is InChI=1S/C14H18ClNO3S/c15-13-5-11-1-3-19-14(11)12(6-13)8-16-7-10-2-4-20(17,18)9-10/h5-6,10,16H,1-4,7-9H2. The Hall–Kier alpha value is -0.780. The first kappa shape index (κ1) is 14.2. The molecule has 0 aliphatic carbocycles. The van der Waals surface area contributed by atoms with E-state index in [9.17, 15) is 8.42 Å². The molecule has 1 aromatic carbocycles. The van der Waals surface area contributed by atoms with Crippen LogP contribution in [0.2, 0.25) is 5.02 Å². The lowest BCUT2D eigenvalue weighted by Gasteiger charge is -2.12. The second-order valence-corrected chi connectivity index (χ2v) is 8.22. The predicted octanol–water partition coefficient (Wildman–Crippen LogP) is 1.80. The lowest BCUT2D eigenvalue weighted by molar-refractivity contribution is 0.352. The van der Waals surface area contributed by atoms with Gasteiger partial charge in [-0.15, -0.1) is 0 Å². The van der Waals surface area contributed by atoms with Crippen LogP contribution in [0.25, 0.3) is 0 Å². The Labute approximate surface area is 124 Å². The highest BCUT2D eigenvalue weighted by Crippen LogP contribution is 2.32. The Bertz CT molecular complexity index is 615. The summed E-state index contributed by atoms with van der Waals surface area (Å²) in [6.45, 7) is 2.10. The molecule has 1 aromatic rings. The maximum Gasteiger partial charge on any atom is 0.150 e. The van der Waals surface area contributed by atoms with Crippen LogP contribution >= 0.6 is 11.6 Å². The Balaban J connectivity index is 1.60. The average molecular weight is 316 g/mol. The summed E-state index contributed by atoms with van der Waals surface area (Å²) in [4.78, 5) is 0. The van der Waals surface area contributed by atoms with Crippen LogP contribution in [0.1, 0.15) is 17.5 Å². The molecule has 0 radical (unpaired) electrons. The van der Waals surface area contributed by atoms with Gasteiger partial charge in [-0.1, -0.05) is 11.6 Å². The van der Waals surface area contributed by atoms with E-state index in [1.165, 1.54) is 0 Å². The van der Waals surface area contributed by atoms with E-state index in [2.05, 4.69) is 5.32 Å². The Morgan fingerprint density at radius 3 is 3.00 bits per heavy atom. The third-order valence-electron chi connectivity index (χ3n) is 3.90. The van der Waals surface area contributed by atoms with Crippen molar-refractivity contribution in [2.75, 3.05) is 24.7 Å². The smallest absolute Gasteiger partial charge is 0.150 e. The molecule has 0 amide bonds. The molecule has 1 saturated heterocycles. The van der Waals surface area contributed by atoms with Crippen molar-refractivity contribution in [3.05, 3.63) is 28.3 Å². The van der Waals surface area contributed by atoms with E-state index in [-0.39, 0.29) is 5.92 Å².